The molecule has 0 aromatic heterocycles. The first-order valence-corrected chi connectivity index (χ1v) is 8.11. The molecule has 102 valence electrons. The monoisotopic (exact) mass is 269 g/mol. The van der Waals surface area contributed by atoms with Gasteiger partial charge < -0.3 is 0 Å². The second kappa shape index (κ2) is 6.90. The topological polar surface area (TPSA) is 37.4 Å². The van der Waals surface area contributed by atoms with Crippen LogP contribution in [0.15, 0.2) is 29.2 Å². The zero-order valence-electron chi connectivity index (χ0n) is 11.5. The Morgan fingerprint density at radius 3 is 1.94 bits per heavy atom. The van der Waals surface area contributed by atoms with Crippen LogP contribution >= 0.6 is 0 Å². The van der Waals surface area contributed by atoms with Crippen LogP contribution < -0.4 is 0 Å². The van der Waals surface area contributed by atoms with Crippen LogP contribution in [0.4, 0.5) is 0 Å². The van der Waals surface area contributed by atoms with Crippen molar-refractivity contribution in [1.82, 2.24) is 4.31 Å². The molecule has 1 fully saturated rings. The van der Waals surface area contributed by atoms with Crippen LogP contribution in [0.3, 0.4) is 0 Å². The molecular weight excluding hydrogens is 246 g/mol. The van der Waals surface area contributed by atoms with Gasteiger partial charge in [-0.1, -0.05) is 38.0 Å². The van der Waals surface area contributed by atoms with Crippen molar-refractivity contribution >= 4 is 10.0 Å². The van der Waals surface area contributed by atoms with E-state index in [2.05, 4.69) is 0 Å². The second-order valence-electron chi connectivity index (χ2n) is 4.28. The van der Waals surface area contributed by atoms with Crippen molar-refractivity contribution in [1.29, 1.82) is 0 Å². The van der Waals surface area contributed by atoms with Gasteiger partial charge in [0, 0.05) is 13.1 Å². The predicted molar refractivity (Wildman–Crippen MR) is 75.1 cm³/mol. The lowest BCUT2D eigenvalue weighted by atomic mass is 10.2. The number of benzene rings is 1. The molecule has 0 aliphatic carbocycles. The second-order valence-corrected chi connectivity index (χ2v) is 6.22. The molecule has 1 aliphatic rings. The SMILES string of the molecule is CC.Cc1ccc(S(=O)(=O)N2CCCCC2)cc1. The van der Waals surface area contributed by atoms with Crippen LogP contribution in [0.5, 0.6) is 0 Å². The minimum atomic E-state index is -3.25. The summed E-state index contributed by atoms with van der Waals surface area (Å²) >= 11 is 0. The third-order valence-electron chi connectivity index (χ3n) is 2.97. The maximum Gasteiger partial charge on any atom is 0.243 e. The summed E-state index contributed by atoms with van der Waals surface area (Å²) < 4.78 is 26.0. The van der Waals surface area contributed by atoms with E-state index >= 15 is 0 Å². The van der Waals surface area contributed by atoms with E-state index in [9.17, 15) is 8.42 Å². The van der Waals surface area contributed by atoms with Crippen molar-refractivity contribution in [3.05, 3.63) is 29.8 Å². The zero-order valence-corrected chi connectivity index (χ0v) is 12.3. The van der Waals surface area contributed by atoms with Crippen molar-refractivity contribution in [2.45, 2.75) is 44.9 Å². The summed E-state index contributed by atoms with van der Waals surface area (Å²) in [6.45, 7) is 7.28. The van der Waals surface area contributed by atoms with Crippen molar-refractivity contribution in [3.8, 4) is 0 Å². The lowest BCUT2D eigenvalue weighted by Crippen LogP contribution is -2.35. The highest BCUT2D eigenvalue weighted by atomic mass is 32.2. The van der Waals surface area contributed by atoms with Crippen molar-refractivity contribution in [2.24, 2.45) is 0 Å². The van der Waals surface area contributed by atoms with Gasteiger partial charge in [-0.2, -0.15) is 4.31 Å². The van der Waals surface area contributed by atoms with Gasteiger partial charge >= 0.3 is 0 Å². The molecule has 4 heteroatoms. The molecule has 1 aliphatic heterocycles. The molecule has 3 nitrogen and oxygen atoms in total. The number of aryl methyl sites for hydroxylation is 1. The summed E-state index contributed by atoms with van der Waals surface area (Å²) in [5.41, 5.74) is 1.08. The highest BCUT2D eigenvalue weighted by Gasteiger charge is 2.25. The molecule has 0 N–H and O–H groups in total. The molecule has 1 saturated heterocycles. The lowest BCUT2D eigenvalue weighted by molar-refractivity contribution is 0.346. The summed E-state index contributed by atoms with van der Waals surface area (Å²) in [4.78, 5) is 0.417. The van der Waals surface area contributed by atoms with Crippen LogP contribution in [-0.2, 0) is 10.0 Å². The van der Waals surface area contributed by atoms with Crippen LogP contribution in [0, 0.1) is 6.92 Å². The minimum Gasteiger partial charge on any atom is -0.207 e. The van der Waals surface area contributed by atoms with E-state index < -0.39 is 10.0 Å². The van der Waals surface area contributed by atoms with Gasteiger partial charge in [0.05, 0.1) is 4.90 Å². The molecule has 1 aromatic carbocycles. The van der Waals surface area contributed by atoms with Crippen molar-refractivity contribution < 1.29 is 8.42 Å². The van der Waals surface area contributed by atoms with Gasteiger partial charge in [0.2, 0.25) is 10.0 Å². The molecule has 0 bridgehead atoms. The van der Waals surface area contributed by atoms with Gasteiger partial charge in [-0.05, 0) is 31.9 Å². The average molecular weight is 269 g/mol. The first-order valence-electron chi connectivity index (χ1n) is 6.67. The summed E-state index contributed by atoms with van der Waals surface area (Å²) in [7, 11) is -3.25. The Bertz CT molecular complexity index is 445. The van der Waals surface area contributed by atoms with E-state index in [4.69, 9.17) is 0 Å². The molecule has 0 unspecified atom stereocenters. The molecule has 0 amide bonds. The van der Waals surface area contributed by atoms with Crippen LogP contribution in [0.2, 0.25) is 0 Å². The van der Waals surface area contributed by atoms with Gasteiger partial charge in [-0.3, -0.25) is 0 Å². The number of sulfonamides is 1. The Labute approximate surface area is 111 Å². The van der Waals surface area contributed by atoms with Crippen molar-refractivity contribution in [3.63, 3.8) is 0 Å². The normalized spacial score (nSPS) is 16.8. The molecule has 1 heterocycles. The number of rotatable bonds is 2. The van der Waals surface area contributed by atoms with Crippen molar-refractivity contribution in [2.75, 3.05) is 13.1 Å². The number of hydrogen-bond donors (Lipinski definition) is 0. The average Bonchev–Trinajstić information content (AvgIpc) is 2.42. The Morgan fingerprint density at radius 1 is 0.944 bits per heavy atom. The number of nitrogens with zero attached hydrogens (tertiary/aromatic N) is 1. The van der Waals surface area contributed by atoms with E-state index in [1.807, 2.05) is 32.9 Å². The van der Waals surface area contributed by atoms with Gasteiger partial charge in [0.15, 0.2) is 0 Å². The molecule has 18 heavy (non-hydrogen) atoms. The third kappa shape index (κ3) is 3.56. The fourth-order valence-corrected chi connectivity index (χ4v) is 3.48. The molecule has 0 spiro atoms. The van der Waals surface area contributed by atoms with Gasteiger partial charge in [-0.15, -0.1) is 0 Å². The summed E-state index contributed by atoms with van der Waals surface area (Å²) in [5, 5.41) is 0. The summed E-state index contributed by atoms with van der Waals surface area (Å²) in [6, 6.07) is 7.08. The number of piperidine rings is 1. The minimum absolute atomic E-state index is 0.417. The van der Waals surface area contributed by atoms with Gasteiger partial charge in [-0.25, -0.2) is 8.42 Å². The van der Waals surface area contributed by atoms with Gasteiger partial charge in [0.25, 0.3) is 0 Å². The molecule has 0 atom stereocenters. The molecule has 0 radical (unpaired) electrons. The Balaban J connectivity index is 0.000000771. The highest BCUT2D eigenvalue weighted by molar-refractivity contribution is 7.89. The fourth-order valence-electron chi connectivity index (χ4n) is 1.96. The van der Waals surface area contributed by atoms with E-state index in [1.54, 1.807) is 16.4 Å². The molecule has 2 rings (SSSR count). The van der Waals surface area contributed by atoms with Crippen LogP contribution in [0.25, 0.3) is 0 Å². The fraction of sp³-hybridized carbons (Fsp3) is 0.571. The largest absolute Gasteiger partial charge is 0.243 e. The van der Waals surface area contributed by atoms with Crippen LogP contribution in [0.1, 0.15) is 38.7 Å². The standard InChI is InChI=1S/C12H17NO2S.C2H6/c1-11-5-7-12(8-6-11)16(14,15)13-9-3-2-4-10-13;1-2/h5-8H,2-4,9-10H2,1H3;1-2H3. The highest BCUT2D eigenvalue weighted by Crippen LogP contribution is 2.20. The first kappa shape index (κ1) is 15.2. The smallest absolute Gasteiger partial charge is 0.207 e. The third-order valence-corrected chi connectivity index (χ3v) is 4.89. The molecule has 0 saturated carbocycles. The van der Waals surface area contributed by atoms with E-state index in [0.717, 1.165) is 24.8 Å². The maximum atomic E-state index is 12.2. The lowest BCUT2D eigenvalue weighted by Gasteiger charge is -2.25. The van der Waals surface area contributed by atoms with E-state index in [1.165, 1.54) is 0 Å². The maximum absolute atomic E-state index is 12.2. The predicted octanol–water partition coefficient (Wildman–Crippen LogP) is 3.20. The number of hydrogen-bond acceptors (Lipinski definition) is 2. The first-order chi connectivity index (χ1) is 8.60. The van der Waals surface area contributed by atoms with Gasteiger partial charge in [0.1, 0.15) is 0 Å². The Kier molecular flexibility index (Phi) is 5.82. The quantitative estimate of drug-likeness (QED) is 0.827. The zero-order chi connectivity index (χ0) is 13.6. The molecule has 1 aromatic rings. The summed E-state index contributed by atoms with van der Waals surface area (Å²) in [6.07, 6.45) is 3.09. The van der Waals surface area contributed by atoms with E-state index in [0.29, 0.717) is 18.0 Å². The Morgan fingerprint density at radius 2 is 1.44 bits per heavy atom. The Hall–Kier alpha value is -0.870. The van der Waals surface area contributed by atoms with E-state index in [-0.39, 0.29) is 0 Å². The van der Waals surface area contributed by atoms with Crippen LogP contribution in [-0.4, -0.2) is 25.8 Å². The molecular formula is C14H23NO2S. The summed E-state index contributed by atoms with van der Waals surface area (Å²) in [5.74, 6) is 0.